The lowest BCUT2D eigenvalue weighted by Gasteiger charge is -2.20. The van der Waals surface area contributed by atoms with Gasteiger partial charge in [-0.1, -0.05) is 359 Å². The quantitative estimate of drug-likeness (QED) is 0.0320. The van der Waals surface area contributed by atoms with E-state index in [1.807, 2.05) is 6.08 Å². The van der Waals surface area contributed by atoms with Gasteiger partial charge in [-0.05, 0) is 57.8 Å². The zero-order chi connectivity index (χ0) is 57.1. The van der Waals surface area contributed by atoms with Crippen molar-refractivity contribution in [3.8, 4) is 0 Å². The minimum atomic E-state index is -0.843. The minimum Gasteiger partial charge on any atom is -0.466 e. The van der Waals surface area contributed by atoms with E-state index in [4.69, 9.17) is 4.74 Å². The van der Waals surface area contributed by atoms with E-state index in [9.17, 15) is 19.8 Å². The average Bonchev–Trinajstić information content (AvgIpc) is 3.45. The largest absolute Gasteiger partial charge is 0.466 e. The number of aliphatic hydroxyl groups excluding tert-OH is 2. The molecule has 0 spiro atoms. The van der Waals surface area contributed by atoms with E-state index < -0.39 is 12.1 Å². The van der Waals surface area contributed by atoms with Gasteiger partial charge < -0.3 is 20.3 Å². The zero-order valence-corrected chi connectivity index (χ0v) is 53.6. The molecule has 0 rings (SSSR count). The van der Waals surface area contributed by atoms with Crippen molar-refractivity contribution in [2.75, 3.05) is 13.2 Å². The molecule has 0 bridgehead atoms. The molecule has 2 atom stereocenters. The second kappa shape index (κ2) is 68.8. The standard InChI is InChI=1S/C73H141NO5/c1-3-5-7-9-11-13-15-17-19-21-31-34-37-41-45-49-53-57-61-65-71(76)70(69-75)74-72(77)66-62-58-54-50-46-42-38-35-32-29-27-25-23-22-24-26-28-30-33-36-40-44-48-52-56-60-64-68-79-73(78)67-63-59-55-51-47-43-39-20-18-16-14-12-10-8-6-4-2/h20,39,61,65,70-71,75-76H,3-19,21-38,40-60,62-64,66-69H2,1-2H3,(H,74,77)/b39-20-,65-61+. The molecule has 0 heterocycles. The first-order valence-corrected chi connectivity index (χ1v) is 36.1. The molecular weight excluding hydrogens is 971 g/mol. The molecule has 0 saturated heterocycles. The van der Waals surface area contributed by atoms with Gasteiger partial charge in [-0.25, -0.2) is 0 Å². The second-order valence-electron chi connectivity index (χ2n) is 24.9. The van der Waals surface area contributed by atoms with E-state index in [1.54, 1.807) is 6.08 Å². The van der Waals surface area contributed by atoms with Crippen molar-refractivity contribution in [3.05, 3.63) is 24.3 Å². The fourth-order valence-electron chi connectivity index (χ4n) is 11.5. The Labute approximate surface area is 494 Å². The number of amides is 1. The molecule has 0 radical (unpaired) electrons. The zero-order valence-electron chi connectivity index (χ0n) is 53.6. The van der Waals surface area contributed by atoms with Crippen LogP contribution in [0.3, 0.4) is 0 Å². The maximum atomic E-state index is 12.5. The van der Waals surface area contributed by atoms with Crippen LogP contribution in [0.2, 0.25) is 0 Å². The van der Waals surface area contributed by atoms with Gasteiger partial charge in [0.05, 0.1) is 25.4 Å². The second-order valence-corrected chi connectivity index (χ2v) is 24.9. The van der Waals surface area contributed by atoms with Gasteiger partial charge in [-0.15, -0.1) is 0 Å². The van der Waals surface area contributed by atoms with Gasteiger partial charge in [0.25, 0.3) is 0 Å². The molecule has 2 unspecified atom stereocenters. The lowest BCUT2D eigenvalue weighted by molar-refractivity contribution is -0.143. The summed E-state index contributed by atoms with van der Waals surface area (Å²) >= 11 is 0. The number of nitrogens with one attached hydrogen (secondary N) is 1. The Balaban J connectivity index is 3.37. The van der Waals surface area contributed by atoms with Crippen LogP contribution in [-0.2, 0) is 14.3 Å². The predicted octanol–water partition coefficient (Wildman–Crippen LogP) is 23.3. The van der Waals surface area contributed by atoms with Gasteiger partial charge in [-0.2, -0.15) is 0 Å². The number of unbranched alkanes of at least 4 members (excludes halogenated alkanes) is 55. The summed E-state index contributed by atoms with van der Waals surface area (Å²) in [6, 6.07) is -0.626. The van der Waals surface area contributed by atoms with Crippen molar-refractivity contribution in [1.82, 2.24) is 5.32 Å². The number of allylic oxidation sites excluding steroid dienone is 3. The molecule has 6 nitrogen and oxygen atoms in total. The Bertz CT molecular complexity index is 1230. The molecule has 0 aliphatic heterocycles. The van der Waals surface area contributed by atoms with Crippen molar-refractivity contribution in [2.24, 2.45) is 0 Å². The van der Waals surface area contributed by atoms with Crippen molar-refractivity contribution < 1.29 is 24.5 Å². The highest BCUT2D eigenvalue weighted by Crippen LogP contribution is 2.19. The Hall–Kier alpha value is -1.66. The predicted molar refractivity (Wildman–Crippen MR) is 347 cm³/mol. The first kappa shape index (κ1) is 77.3. The fraction of sp³-hybridized carbons (Fsp3) is 0.918. The van der Waals surface area contributed by atoms with Crippen LogP contribution in [0.5, 0.6) is 0 Å². The summed E-state index contributed by atoms with van der Waals surface area (Å²) in [4.78, 5) is 24.6. The monoisotopic (exact) mass is 1110 g/mol. The molecule has 0 saturated carbocycles. The normalized spacial score (nSPS) is 12.6. The minimum absolute atomic E-state index is 0.0111. The van der Waals surface area contributed by atoms with Crippen LogP contribution < -0.4 is 5.32 Å². The number of carbonyl (C=O) groups is 2. The van der Waals surface area contributed by atoms with E-state index in [-0.39, 0.29) is 18.5 Å². The molecule has 0 aliphatic rings. The molecule has 6 heteroatoms. The summed E-state index contributed by atoms with van der Waals surface area (Å²) in [5, 5.41) is 23.2. The third-order valence-electron chi connectivity index (χ3n) is 17.0. The van der Waals surface area contributed by atoms with Gasteiger partial charge in [0, 0.05) is 12.8 Å². The number of hydrogen-bond acceptors (Lipinski definition) is 5. The summed E-state index contributed by atoms with van der Waals surface area (Å²) in [5.74, 6) is -0.0504. The van der Waals surface area contributed by atoms with Crippen LogP contribution >= 0.6 is 0 Å². The fourth-order valence-corrected chi connectivity index (χ4v) is 11.5. The number of ether oxygens (including phenoxy) is 1. The Kier molecular flexibility index (Phi) is 67.4. The van der Waals surface area contributed by atoms with E-state index in [1.165, 1.54) is 334 Å². The van der Waals surface area contributed by atoms with Crippen molar-refractivity contribution in [2.45, 2.75) is 418 Å². The molecule has 0 fully saturated rings. The molecule has 79 heavy (non-hydrogen) atoms. The Morgan fingerprint density at radius 3 is 0.899 bits per heavy atom. The van der Waals surface area contributed by atoms with Crippen LogP contribution in [0.4, 0.5) is 0 Å². The van der Waals surface area contributed by atoms with Crippen molar-refractivity contribution in [1.29, 1.82) is 0 Å². The van der Waals surface area contributed by atoms with Gasteiger partial charge in [-0.3, -0.25) is 9.59 Å². The number of rotatable bonds is 68. The SMILES string of the molecule is CCCCCCCCC/C=C\CCCCCCCC(=O)OCCCCCCCCCCCCCCCCCCCCCCCCCCCCCC(=O)NC(CO)C(O)/C=C/CCCCCCCCCCCCCCCCCCC. The van der Waals surface area contributed by atoms with E-state index in [2.05, 4.69) is 31.3 Å². The molecule has 3 N–H and O–H groups in total. The average molecular weight is 1110 g/mol. The smallest absolute Gasteiger partial charge is 0.305 e. The summed E-state index contributed by atoms with van der Waals surface area (Å²) in [7, 11) is 0. The molecule has 468 valence electrons. The van der Waals surface area contributed by atoms with Gasteiger partial charge in [0.2, 0.25) is 5.91 Å². The summed E-state index contributed by atoms with van der Waals surface area (Å²) in [6.07, 6.45) is 86.9. The molecular formula is C73H141NO5. The summed E-state index contributed by atoms with van der Waals surface area (Å²) in [6.45, 7) is 4.94. The highest BCUT2D eigenvalue weighted by atomic mass is 16.5. The van der Waals surface area contributed by atoms with Crippen LogP contribution in [-0.4, -0.2) is 47.4 Å². The van der Waals surface area contributed by atoms with Crippen LogP contribution in [0, 0.1) is 0 Å². The Morgan fingerprint density at radius 2 is 0.595 bits per heavy atom. The number of esters is 1. The number of hydrogen-bond donors (Lipinski definition) is 3. The maximum Gasteiger partial charge on any atom is 0.305 e. The lowest BCUT2D eigenvalue weighted by Crippen LogP contribution is -2.45. The van der Waals surface area contributed by atoms with Crippen LogP contribution in [0.15, 0.2) is 24.3 Å². The van der Waals surface area contributed by atoms with E-state index in [0.717, 1.165) is 44.9 Å². The maximum absolute atomic E-state index is 12.5. The first-order valence-electron chi connectivity index (χ1n) is 36.1. The summed E-state index contributed by atoms with van der Waals surface area (Å²) < 4.78 is 5.50. The van der Waals surface area contributed by atoms with E-state index >= 15 is 0 Å². The van der Waals surface area contributed by atoms with Crippen molar-refractivity contribution in [3.63, 3.8) is 0 Å². The molecule has 1 amide bonds. The highest BCUT2D eigenvalue weighted by Gasteiger charge is 2.18. The van der Waals surface area contributed by atoms with E-state index in [0.29, 0.717) is 19.4 Å². The number of aliphatic hydroxyl groups is 2. The molecule has 0 aliphatic carbocycles. The van der Waals surface area contributed by atoms with Crippen molar-refractivity contribution >= 4 is 11.9 Å². The number of carbonyl (C=O) groups excluding carboxylic acids is 2. The Morgan fingerprint density at radius 1 is 0.342 bits per heavy atom. The van der Waals surface area contributed by atoms with Gasteiger partial charge >= 0.3 is 5.97 Å². The third-order valence-corrected chi connectivity index (χ3v) is 17.0. The third kappa shape index (κ3) is 65.4. The summed E-state index contributed by atoms with van der Waals surface area (Å²) in [5.41, 5.74) is 0. The van der Waals surface area contributed by atoms with Gasteiger partial charge in [0.1, 0.15) is 0 Å². The first-order chi connectivity index (χ1) is 39.0. The van der Waals surface area contributed by atoms with Gasteiger partial charge in [0.15, 0.2) is 0 Å². The molecule has 0 aromatic heterocycles. The molecule has 0 aromatic rings. The van der Waals surface area contributed by atoms with Crippen LogP contribution in [0.25, 0.3) is 0 Å². The van der Waals surface area contributed by atoms with Crippen LogP contribution in [0.1, 0.15) is 406 Å². The highest BCUT2D eigenvalue weighted by molar-refractivity contribution is 5.76. The molecule has 0 aromatic carbocycles. The topological polar surface area (TPSA) is 95.9 Å². The lowest BCUT2D eigenvalue weighted by atomic mass is 10.0.